The van der Waals surface area contributed by atoms with Gasteiger partial charge in [-0.05, 0) is 37.3 Å². The van der Waals surface area contributed by atoms with Crippen molar-refractivity contribution in [2.75, 3.05) is 26.9 Å². The highest BCUT2D eigenvalue weighted by Gasteiger charge is 2.57. The molecule has 4 bridgehead atoms. The molecule has 2 fully saturated rings. The molecular weight excluding hydrogens is 592 g/mol. The second-order valence-electron chi connectivity index (χ2n) is 12.2. The summed E-state index contributed by atoms with van der Waals surface area (Å²) in [6, 6.07) is 0. The van der Waals surface area contributed by atoms with Crippen LogP contribution in [0.5, 0.6) is 0 Å². The average molecular weight is 641 g/mol. The third-order valence-electron chi connectivity index (χ3n) is 8.10. The van der Waals surface area contributed by atoms with Gasteiger partial charge in [0, 0.05) is 44.5 Å². The molecule has 0 amide bonds. The summed E-state index contributed by atoms with van der Waals surface area (Å²) in [5.74, 6) is -4.47. The second-order valence-corrected chi connectivity index (χ2v) is 12.2. The van der Waals surface area contributed by atoms with E-state index in [9.17, 15) is 29.7 Å². The van der Waals surface area contributed by atoms with Crippen LogP contribution < -0.4 is 0 Å². The van der Waals surface area contributed by atoms with E-state index in [2.05, 4.69) is 6.58 Å². The van der Waals surface area contributed by atoms with Crippen molar-refractivity contribution in [3.8, 4) is 0 Å². The van der Waals surface area contributed by atoms with Gasteiger partial charge in [-0.15, -0.1) is 6.58 Å². The van der Waals surface area contributed by atoms with Crippen LogP contribution in [-0.2, 0) is 47.5 Å². The van der Waals surface area contributed by atoms with Gasteiger partial charge in [-0.3, -0.25) is 9.59 Å². The fourth-order valence-corrected chi connectivity index (χ4v) is 5.65. The SMILES string of the molecule is C=CCC1C[C@H]2CCOCC[C@@H](O)CC(=O)O[C@@H](CO)C[C@@H]3C/C(=C\C(=O)OC)[C@H](OC(C)=O)[C@@](O)(O3)C(C)(C)/C=C/[C@@H](O1)O2. The molecule has 3 rings (SSSR count). The fraction of sp³-hybridized carbons (Fsp3) is 0.719. The second kappa shape index (κ2) is 16.8. The Balaban J connectivity index is 2.05. The number of methoxy groups -OCH3 is 1. The minimum absolute atomic E-state index is 0.0249. The van der Waals surface area contributed by atoms with Crippen molar-refractivity contribution in [2.45, 2.75) is 114 Å². The monoisotopic (exact) mass is 640 g/mol. The van der Waals surface area contributed by atoms with Gasteiger partial charge in [-0.2, -0.15) is 0 Å². The highest BCUT2D eigenvalue weighted by molar-refractivity contribution is 5.83. The molecule has 0 aromatic rings. The topological polar surface area (TPSA) is 177 Å². The van der Waals surface area contributed by atoms with Crippen molar-refractivity contribution >= 4 is 17.9 Å². The van der Waals surface area contributed by atoms with E-state index in [1.807, 2.05) is 0 Å². The van der Waals surface area contributed by atoms with Crippen LogP contribution in [-0.4, -0.2) is 109 Å². The number of cyclic esters (lactones) is 1. The Bertz CT molecular complexity index is 1080. The van der Waals surface area contributed by atoms with Gasteiger partial charge < -0.3 is 48.5 Å². The van der Waals surface area contributed by atoms with E-state index in [1.54, 1.807) is 32.1 Å². The molecule has 0 aromatic heterocycles. The third-order valence-corrected chi connectivity index (χ3v) is 8.10. The molecule has 1 unspecified atom stereocenters. The number of hydrogen-bond donors (Lipinski definition) is 3. The van der Waals surface area contributed by atoms with Gasteiger partial charge in [0.1, 0.15) is 6.10 Å². The number of ether oxygens (including phenoxy) is 7. The summed E-state index contributed by atoms with van der Waals surface area (Å²) in [5, 5.41) is 32.7. The molecule has 13 heteroatoms. The van der Waals surface area contributed by atoms with Crippen molar-refractivity contribution < 1.29 is 62.9 Å². The Morgan fingerprint density at radius 2 is 1.82 bits per heavy atom. The van der Waals surface area contributed by atoms with Crippen molar-refractivity contribution in [2.24, 2.45) is 5.41 Å². The van der Waals surface area contributed by atoms with Crippen LogP contribution >= 0.6 is 0 Å². The lowest BCUT2D eigenvalue weighted by atomic mass is 9.74. The molecule has 0 radical (unpaired) electrons. The van der Waals surface area contributed by atoms with E-state index in [1.165, 1.54) is 14.0 Å². The molecule has 254 valence electrons. The van der Waals surface area contributed by atoms with Gasteiger partial charge in [0.2, 0.25) is 5.79 Å². The third kappa shape index (κ3) is 10.4. The van der Waals surface area contributed by atoms with Crippen molar-refractivity contribution in [1.82, 2.24) is 0 Å². The number of aliphatic hydroxyl groups is 3. The summed E-state index contributed by atoms with van der Waals surface area (Å²) in [5.41, 5.74) is -1.11. The van der Waals surface area contributed by atoms with Crippen LogP contribution in [0.15, 0.2) is 36.5 Å². The molecule has 0 saturated carbocycles. The number of hydrogen-bond acceptors (Lipinski definition) is 13. The summed E-state index contributed by atoms with van der Waals surface area (Å²) in [6.07, 6.45) is 2.07. The first-order valence-corrected chi connectivity index (χ1v) is 15.3. The Kier molecular flexibility index (Phi) is 13.7. The largest absolute Gasteiger partial charge is 0.466 e. The molecular formula is C32H48O13. The number of esters is 3. The van der Waals surface area contributed by atoms with E-state index in [4.69, 9.17) is 33.2 Å². The zero-order valence-electron chi connectivity index (χ0n) is 26.6. The lowest BCUT2D eigenvalue weighted by molar-refractivity contribution is -0.327. The van der Waals surface area contributed by atoms with Crippen LogP contribution in [0, 0.1) is 5.41 Å². The lowest BCUT2D eigenvalue weighted by Crippen LogP contribution is -2.62. The Labute approximate surface area is 264 Å². The van der Waals surface area contributed by atoms with E-state index in [0.717, 1.165) is 6.08 Å². The van der Waals surface area contributed by atoms with Gasteiger partial charge in [0.25, 0.3) is 0 Å². The molecule has 3 aliphatic heterocycles. The van der Waals surface area contributed by atoms with E-state index in [0.29, 0.717) is 25.9 Å². The van der Waals surface area contributed by atoms with E-state index >= 15 is 0 Å². The number of carbonyl (C=O) groups excluding carboxylic acids is 3. The highest BCUT2D eigenvalue weighted by Crippen LogP contribution is 2.46. The molecule has 13 nitrogen and oxygen atoms in total. The van der Waals surface area contributed by atoms with Crippen LogP contribution in [0.1, 0.15) is 65.7 Å². The summed E-state index contributed by atoms with van der Waals surface area (Å²) in [7, 11) is 1.19. The van der Waals surface area contributed by atoms with E-state index in [-0.39, 0.29) is 50.1 Å². The number of rotatable bonds is 5. The number of fused-ring (bicyclic) bond motifs is 4. The normalized spacial score (nSPS) is 36.6. The van der Waals surface area contributed by atoms with Gasteiger partial charge in [-0.1, -0.05) is 26.0 Å². The quantitative estimate of drug-likeness (QED) is 0.172. The first-order valence-electron chi connectivity index (χ1n) is 15.3. The summed E-state index contributed by atoms with van der Waals surface area (Å²) in [6.45, 7) is 8.31. The highest BCUT2D eigenvalue weighted by atomic mass is 16.7. The minimum Gasteiger partial charge on any atom is -0.466 e. The Morgan fingerprint density at radius 3 is 2.49 bits per heavy atom. The predicted octanol–water partition coefficient (Wildman–Crippen LogP) is 2.01. The van der Waals surface area contributed by atoms with Crippen LogP contribution in [0.25, 0.3) is 0 Å². The fourth-order valence-electron chi connectivity index (χ4n) is 5.65. The molecule has 45 heavy (non-hydrogen) atoms. The van der Waals surface area contributed by atoms with Crippen LogP contribution in [0.2, 0.25) is 0 Å². The van der Waals surface area contributed by atoms with E-state index < -0.39 is 66.4 Å². The number of aliphatic hydroxyl groups excluding tert-OH is 2. The molecule has 3 heterocycles. The first-order chi connectivity index (χ1) is 21.3. The standard InChI is InChI=1S/C32H48O13/c1-6-7-23-17-24-10-13-40-12-9-22(35)16-28(37)42-26(19-33)18-25-14-21(15-27(36)39-5)30(41-20(2)34)32(38,45-25)31(3,4)11-8-29(43-23)44-24/h6,8,11,15,22-26,29-30,33,35,38H,1,7,9-10,12-14,16-19H2,2-5H3/b11-8+,21-15+/t22-,23?,24-,25+,26-,29+,30+,32-/m1/s1. The van der Waals surface area contributed by atoms with Crippen LogP contribution in [0.4, 0.5) is 0 Å². The zero-order chi connectivity index (χ0) is 33.2. The first kappa shape index (κ1) is 36.8. The molecule has 3 aliphatic rings. The average Bonchev–Trinajstić information content (AvgIpc) is 2.96. The molecule has 0 aromatic carbocycles. The molecule has 8 atom stereocenters. The van der Waals surface area contributed by atoms with Crippen molar-refractivity contribution in [3.63, 3.8) is 0 Å². The molecule has 0 aliphatic carbocycles. The Morgan fingerprint density at radius 1 is 1.11 bits per heavy atom. The van der Waals surface area contributed by atoms with Gasteiger partial charge in [0.05, 0.1) is 44.6 Å². The van der Waals surface area contributed by atoms with Crippen molar-refractivity contribution in [1.29, 1.82) is 0 Å². The van der Waals surface area contributed by atoms with Gasteiger partial charge in [-0.25, -0.2) is 4.79 Å². The maximum Gasteiger partial charge on any atom is 0.330 e. The smallest absolute Gasteiger partial charge is 0.330 e. The predicted molar refractivity (Wildman–Crippen MR) is 158 cm³/mol. The minimum atomic E-state index is -2.26. The molecule has 0 spiro atoms. The lowest BCUT2D eigenvalue weighted by Gasteiger charge is -2.50. The molecule has 3 N–H and O–H groups in total. The molecule has 2 saturated heterocycles. The maximum absolute atomic E-state index is 12.6. The Hall–Kier alpha value is -2.65. The summed E-state index contributed by atoms with van der Waals surface area (Å²) < 4.78 is 40.1. The van der Waals surface area contributed by atoms with Crippen molar-refractivity contribution in [3.05, 3.63) is 36.5 Å². The summed E-state index contributed by atoms with van der Waals surface area (Å²) >= 11 is 0. The summed E-state index contributed by atoms with van der Waals surface area (Å²) in [4.78, 5) is 37.2. The maximum atomic E-state index is 12.6. The van der Waals surface area contributed by atoms with Gasteiger partial charge >= 0.3 is 17.9 Å². The van der Waals surface area contributed by atoms with Gasteiger partial charge in [0.15, 0.2) is 12.4 Å². The zero-order valence-corrected chi connectivity index (χ0v) is 26.6. The van der Waals surface area contributed by atoms with Crippen LogP contribution in [0.3, 0.4) is 0 Å². The number of carbonyl (C=O) groups is 3.